The summed E-state index contributed by atoms with van der Waals surface area (Å²) in [5, 5.41) is 13.8. The second-order valence-electron chi connectivity index (χ2n) is 12.1. The van der Waals surface area contributed by atoms with Gasteiger partial charge in [0.1, 0.15) is 11.9 Å². The molecule has 1 N–H and O–H groups in total. The highest BCUT2D eigenvalue weighted by Crippen LogP contribution is 2.42. The van der Waals surface area contributed by atoms with Gasteiger partial charge in [-0.3, -0.25) is 0 Å². The highest BCUT2D eigenvalue weighted by Gasteiger charge is 2.36. The fraction of sp³-hybridized carbons (Fsp3) is 0.361. The van der Waals surface area contributed by atoms with Crippen molar-refractivity contribution in [2.75, 3.05) is 13.7 Å². The number of hydrogen-bond donors (Lipinski definition) is 1. The van der Waals surface area contributed by atoms with Crippen molar-refractivity contribution in [3.05, 3.63) is 113 Å². The van der Waals surface area contributed by atoms with Gasteiger partial charge in [-0.15, -0.1) is 0 Å². The van der Waals surface area contributed by atoms with Gasteiger partial charge >= 0.3 is 5.97 Å². The molecule has 0 radical (unpaired) electrons. The fourth-order valence-corrected chi connectivity index (χ4v) is 6.06. The van der Waals surface area contributed by atoms with E-state index in [1.54, 1.807) is 0 Å². The SMILES string of the molecule is COC(=O)c1ccc(C2C[C@H](CN(C(O)OC(C)(C)C)[C@H](C)c3cccc4ccccc34)Oc3ccccc32)c(C)c1. The summed E-state index contributed by atoms with van der Waals surface area (Å²) in [6.45, 7) is 10.4. The Morgan fingerprint density at radius 2 is 1.71 bits per heavy atom. The Balaban J connectivity index is 1.50. The number of nitrogens with zero attached hydrogens (tertiary/aromatic N) is 1. The number of carbonyl (C=O) groups is 1. The number of methoxy groups -OCH3 is 1. The molecule has 1 heterocycles. The Bertz CT molecular complexity index is 1550. The van der Waals surface area contributed by atoms with Gasteiger partial charge < -0.3 is 19.3 Å². The lowest BCUT2D eigenvalue weighted by atomic mass is 9.81. The van der Waals surface area contributed by atoms with E-state index >= 15 is 0 Å². The number of aliphatic hydroxyl groups is 1. The van der Waals surface area contributed by atoms with E-state index < -0.39 is 12.0 Å². The standard InChI is InChI=1S/C36H41NO5/c1-23-20-26(34(38)40-6)18-19-28(23)32-21-27(41-33-17-10-9-15-31(32)33)22-37(35(39)42-36(3,4)5)24(2)29-16-11-13-25-12-7-8-14-30(25)29/h7-20,24,27,32,35,39H,21-22H2,1-6H3/t24-,27-,32?,35?/m1/s1. The molecule has 2 unspecified atom stereocenters. The molecular weight excluding hydrogens is 526 g/mol. The monoisotopic (exact) mass is 567 g/mol. The molecule has 0 saturated carbocycles. The Morgan fingerprint density at radius 1 is 1.00 bits per heavy atom. The van der Waals surface area contributed by atoms with Crippen LogP contribution in [0.25, 0.3) is 10.8 Å². The molecule has 0 fully saturated rings. The molecule has 4 aromatic rings. The van der Waals surface area contributed by atoms with Crippen LogP contribution in [0.1, 0.15) is 78.7 Å². The average Bonchev–Trinajstić information content (AvgIpc) is 2.97. The Hall–Kier alpha value is -3.71. The smallest absolute Gasteiger partial charge is 0.337 e. The molecular formula is C36H41NO5. The van der Waals surface area contributed by atoms with Crippen molar-refractivity contribution in [2.24, 2.45) is 0 Å². The molecule has 6 nitrogen and oxygen atoms in total. The van der Waals surface area contributed by atoms with Crippen LogP contribution in [0.4, 0.5) is 0 Å². The molecule has 42 heavy (non-hydrogen) atoms. The van der Waals surface area contributed by atoms with Crippen LogP contribution in [0.2, 0.25) is 0 Å². The maximum atomic E-state index is 12.2. The summed E-state index contributed by atoms with van der Waals surface area (Å²) in [5.41, 5.74) is 4.39. The number of esters is 1. The third kappa shape index (κ3) is 6.36. The normalized spacial score (nSPS) is 18.3. The van der Waals surface area contributed by atoms with Crippen molar-refractivity contribution in [1.82, 2.24) is 4.90 Å². The van der Waals surface area contributed by atoms with Crippen LogP contribution in [0.15, 0.2) is 84.9 Å². The molecule has 4 atom stereocenters. The lowest BCUT2D eigenvalue weighted by Crippen LogP contribution is -2.48. The van der Waals surface area contributed by atoms with Crippen LogP contribution in [0, 0.1) is 6.92 Å². The highest BCUT2D eigenvalue weighted by atomic mass is 16.6. The third-order valence-corrected chi connectivity index (χ3v) is 8.08. The molecule has 0 bridgehead atoms. The predicted octanol–water partition coefficient (Wildman–Crippen LogP) is 7.37. The summed E-state index contributed by atoms with van der Waals surface area (Å²) in [5.74, 6) is 0.544. The van der Waals surface area contributed by atoms with Crippen LogP contribution < -0.4 is 4.74 Å². The van der Waals surface area contributed by atoms with Crippen LogP contribution in [-0.4, -0.2) is 47.7 Å². The zero-order valence-electron chi connectivity index (χ0n) is 25.3. The van der Waals surface area contributed by atoms with Crippen molar-refractivity contribution in [1.29, 1.82) is 0 Å². The number of para-hydroxylation sites is 1. The maximum absolute atomic E-state index is 12.2. The number of hydrogen-bond acceptors (Lipinski definition) is 6. The summed E-state index contributed by atoms with van der Waals surface area (Å²) in [4.78, 5) is 14.2. The zero-order valence-corrected chi connectivity index (χ0v) is 25.3. The number of rotatable bonds is 8. The van der Waals surface area contributed by atoms with E-state index in [0.717, 1.165) is 38.8 Å². The number of benzene rings is 4. The minimum Gasteiger partial charge on any atom is -0.489 e. The van der Waals surface area contributed by atoms with Gasteiger partial charge in [0, 0.05) is 24.1 Å². The van der Waals surface area contributed by atoms with Crippen LogP contribution >= 0.6 is 0 Å². The van der Waals surface area contributed by atoms with Crippen LogP contribution in [0.3, 0.4) is 0 Å². The first-order valence-corrected chi connectivity index (χ1v) is 14.6. The Kier molecular flexibility index (Phi) is 8.69. The summed E-state index contributed by atoms with van der Waals surface area (Å²) in [6, 6.07) is 28.3. The lowest BCUT2D eigenvalue weighted by Gasteiger charge is -2.41. The van der Waals surface area contributed by atoms with E-state index in [2.05, 4.69) is 43.3 Å². The van der Waals surface area contributed by atoms with Crippen molar-refractivity contribution >= 4 is 16.7 Å². The number of aryl methyl sites for hydroxylation is 1. The van der Waals surface area contributed by atoms with Crippen LogP contribution in [-0.2, 0) is 9.47 Å². The van der Waals surface area contributed by atoms with Gasteiger partial charge in [0.2, 0.25) is 6.41 Å². The quantitative estimate of drug-likeness (QED) is 0.177. The molecule has 0 aliphatic carbocycles. The summed E-state index contributed by atoms with van der Waals surface area (Å²) >= 11 is 0. The van der Waals surface area contributed by atoms with Crippen molar-refractivity contribution in [3.8, 4) is 5.75 Å². The average molecular weight is 568 g/mol. The molecule has 1 aliphatic rings. The molecule has 1 aliphatic heterocycles. The van der Waals surface area contributed by atoms with E-state index in [1.807, 2.05) is 81.1 Å². The first-order chi connectivity index (χ1) is 20.1. The minimum atomic E-state index is -1.14. The van der Waals surface area contributed by atoms with Gasteiger partial charge in [-0.05, 0) is 86.7 Å². The first-order valence-electron chi connectivity index (χ1n) is 14.6. The van der Waals surface area contributed by atoms with Crippen molar-refractivity contribution in [2.45, 2.75) is 71.1 Å². The molecule has 0 spiro atoms. The zero-order chi connectivity index (χ0) is 30.0. The minimum absolute atomic E-state index is 0.0574. The van der Waals surface area contributed by atoms with Gasteiger partial charge in [0.05, 0.1) is 18.3 Å². The maximum Gasteiger partial charge on any atom is 0.337 e. The fourth-order valence-electron chi connectivity index (χ4n) is 6.06. The lowest BCUT2D eigenvalue weighted by molar-refractivity contribution is -0.251. The van der Waals surface area contributed by atoms with Gasteiger partial charge in [0.15, 0.2) is 0 Å². The second-order valence-corrected chi connectivity index (χ2v) is 12.1. The second kappa shape index (κ2) is 12.3. The van der Waals surface area contributed by atoms with Crippen molar-refractivity contribution < 1.29 is 24.1 Å². The number of fused-ring (bicyclic) bond motifs is 2. The Morgan fingerprint density at radius 3 is 2.45 bits per heavy atom. The topological polar surface area (TPSA) is 68.2 Å². The highest BCUT2D eigenvalue weighted by molar-refractivity contribution is 5.89. The third-order valence-electron chi connectivity index (χ3n) is 8.08. The van der Waals surface area contributed by atoms with E-state index in [9.17, 15) is 9.90 Å². The largest absolute Gasteiger partial charge is 0.489 e. The Labute approximate surface area is 248 Å². The van der Waals surface area contributed by atoms with Gasteiger partial charge in [-0.2, -0.15) is 0 Å². The molecule has 4 aromatic carbocycles. The molecule has 0 amide bonds. The van der Waals surface area contributed by atoms with E-state index in [-0.39, 0.29) is 24.0 Å². The first kappa shape index (κ1) is 29.8. The van der Waals surface area contributed by atoms with Gasteiger partial charge in [-0.25, -0.2) is 9.69 Å². The summed E-state index contributed by atoms with van der Waals surface area (Å²) in [6.07, 6.45) is -0.657. The van der Waals surface area contributed by atoms with E-state index in [0.29, 0.717) is 18.5 Å². The van der Waals surface area contributed by atoms with Gasteiger partial charge in [-0.1, -0.05) is 66.7 Å². The molecule has 0 aromatic heterocycles. The number of ether oxygens (including phenoxy) is 3. The molecule has 5 rings (SSSR count). The van der Waals surface area contributed by atoms with E-state index in [1.165, 1.54) is 7.11 Å². The molecule has 220 valence electrons. The summed E-state index contributed by atoms with van der Waals surface area (Å²) < 4.78 is 17.7. The molecule has 6 heteroatoms. The van der Waals surface area contributed by atoms with Crippen molar-refractivity contribution in [3.63, 3.8) is 0 Å². The van der Waals surface area contributed by atoms with Crippen LogP contribution in [0.5, 0.6) is 5.75 Å². The predicted molar refractivity (Wildman–Crippen MR) is 166 cm³/mol. The summed E-state index contributed by atoms with van der Waals surface area (Å²) in [7, 11) is 1.40. The number of carbonyl (C=O) groups excluding carboxylic acids is 1. The number of aliphatic hydroxyl groups excluding tert-OH is 1. The molecule has 0 saturated heterocycles. The van der Waals surface area contributed by atoms with E-state index in [4.69, 9.17) is 14.2 Å². The van der Waals surface area contributed by atoms with Gasteiger partial charge in [0.25, 0.3) is 0 Å².